The molecule has 1 atom stereocenters. The molecule has 0 fully saturated rings. The van der Waals surface area contributed by atoms with E-state index in [0.29, 0.717) is 10.6 Å². The van der Waals surface area contributed by atoms with Crippen LogP contribution in [0.2, 0.25) is 5.02 Å². The smallest absolute Gasteiger partial charge is 0.126 e. The number of aliphatic hydroxyl groups is 1. The molecule has 0 aliphatic carbocycles. The summed E-state index contributed by atoms with van der Waals surface area (Å²) in [5, 5.41) is 10.9. The average Bonchev–Trinajstić information content (AvgIpc) is 2.33. The number of rotatable bonds is 3. The predicted molar refractivity (Wildman–Crippen MR) is 71.1 cm³/mol. The van der Waals surface area contributed by atoms with E-state index in [1.165, 1.54) is 0 Å². The van der Waals surface area contributed by atoms with Gasteiger partial charge in [0.05, 0.1) is 5.60 Å². The third kappa shape index (κ3) is 3.31. The Hall–Kier alpha value is -1.45. The predicted octanol–water partition coefficient (Wildman–Crippen LogP) is 4.07. The van der Waals surface area contributed by atoms with Crippen LogP contribution in [0.25, 0.3) is 0 Å². The molecule has 4 heteroatoms. The summed E-state index contributed by atoms with van der Waals surface area (Å²) < 4.78 is 26.7. The summed E-state index contributed by atoms with van der Waals surface area (Å²) in [6.07, 6.45) is -0.0308. The van der Waals surface area contributed by atoms with Gasteiger partial charge in [-0.25, -0.2) is 8.78 Å². The van der Waals surface area contributed by atoms with Crippen molar-refractivity contribution < 1.29 is 13.9 Å². The summed E-state index contributed by atoms with van der Waals surface area (Å²) in [6, 6.07) is 9.89. The van der Waals surface area contributed by atoms with E-state index >= 15 is 0 Å². The second-order valence-electron chi connectivity index (χ2n) is 4.70. The van der Waals surface area contributed by atoms with Gasteiger partial charge in [-0.05, 0) is 48.4 Å². The van der Waals surface area contributed by atoms with Crippen molar-refractivity contribution in [3.63, 3.8) is 0 Å². The molecule has 2 rings (SSSR count). The molecule has 0 saturated carbocycles. The van der Waals surface area contributed by atoms with Crippen LogP contribution in [0.5, 0.6) is 0 Å². The van der Waals surface area contributed by atoms with Crippen molar-refractivity contribution >= 4 is 11.6 Å². The lowest BCUT2D eigenvalue weighted by atomic mass is 9.89. The summed E-state index contributed by atoms with van der Waals surface area (Å²) in [4.78, 5) is 0. The first kappa shape index (κ1) is 14.0. The zero-order valence-corrected chi connectivity index (χ0v) is 11.1. The highest BCUT2D eigenvalue weighted by Crippen LogP contribution is 2.28. The van der Waals surface area contributed by atoms with Gasteiger partial charge < -0.3 is 5.11 Å². The second kappa shape index (κ2) is 5.27. The van der Waals surface area contributed by atoms with Crippen molar-refractivity contribution in [1.82, 2.24) is 0 Å². The minimum atomic E-state index is -1.32. The quantitative estimate of drug-likeness (QED) is 0.900. The Bertz CT molecular complexity index is 596. The Balaban J connectivity index is 2.33. The minimum Gasteiger partial charge on any atom is -0.385 e. The van der Waals surface area contributed by atoms with Crippen LogP contribution in [0.15, 0.2) is 42.5 Å². The molecule has 1 nitrogen and oxygen atoms in total. The number of halogens is 3. The molecule has 19 heavy (non-hydrogen) atoms. The zero-order chi connectivity index (χ0) is 14.0. The van der Waals surface area contributed by atoms with Gasteiger partial charge in [0.15, 0.2) is 0 Å². The van der Waals surface area contributed by atoms with E-state index in [1.807, 2.05) is 0 Å². The molecule has 0 saturated heterocycles. The molecule has 0 aliphatic heterocycles. The summed E-state index contributed by atoms with van der Waals surface area (Å²) in [5.41, 5.74) is -0.631. The normalized spacial score (nSPS) is 14.2. The number of hydrogen-bond donors (Lipinski definition) is 1. The van der Waals surface area contributed by atoms with E-state index in [2.05, 4.69) is 0 Å². The molecule has 0 aromatic heterocycles. The van der Waals surface area contributed by atoms with E-state index in [9.17, 15) is 13.9 Å². The molecule has 100 valence electrons. The van der Waals surface area contributed by atoms with Crippen LogP contribution in [-0.2, 0) is 12.0 Å². The first-order chi connectivity index (χ1) is 8.88. The fourth-order valence-electron chi connectivity index (χ4n) is 1.98. The van der Waals surface area contributed by atoms with E-state index in [0.717, 1.165) is 18.2 Å². The molecule has 1 N–H and O–H groups in total. The van der Waals surface area contributed by atoms with Crippen molar-refractivity contribution in [2.75, 3.05) is 0 Å². The van der Waals surface area contributed by atoms with Gasteiger partial charge in [0.1, 0.15) is 11.6 Å². The average molecular weight is 283 g/mol. The standard InChI is InChI=1S/C15H13ClF2O/c1-15(19,11-3-2-4-12(16)8-11)9-10-7-13(17)5-6-14(10)18/h2-8,19H,9H2,1H3. The van der Waals surface area contributed by atoms with E-state index in [-0.39, 0.29) is 12.0 Å². The van der Waals surface area contributed by atoms with Crippen molar-refractivity contribution in [2.45, 2.75) is 18.9 Å². The molecular formula is C15H13ClF2O. The highest BCUT2D eigenvalue weighted by atomic mass is 35.5. The Morgan fingerprint density at radius 1 is 1.16 bits per heavy atom. The summed E-state index contributed by atoms with van der Waals surface area (Å²) in [5.74, 6) is -1.07. The lowest BCUT2D eigenvalue weighted by Gasteiger charge is -2.24. The Morgan fingerprint density at radius 2 is 1.89 bits per heavy atom. The first-order valence-corrected chi connectivity index (χ1v) is 6.19. The van der Waals surface area contributed by atoms with Gasteiger partial charge in [0.2, 0.25) is 0 Å². The molecule has 0 spiro atoms. The lowest BCUT2D eigenvalue weighted by molar-refractivity contribution is 0.0566. The molecular weight excluding hydrogens is 270 g/mol. The van der Waals surface area contributed by atoms with Gasteiger partial charge in [-0.15, -0.1) is 0 Å². The molecule has 0 bridgehead atoms. The fourth-order valence-corrected chi connectivity index (χ4v) is 2.17. The molecule has 0 amide bonds. The maximum absolute atomic E-state index is 13.6. The zero-order valence-electron chi connectivity index (χ0n) is 10.3. The molecule has 0 aliphatic rings. The summed E-state index contributed by atoms with van der Waals surface area (Å²) in [7, 11) is 0. The van der Waals surface area contributed by atoms with Gasteiger partial charge in [-0.2, -0.15) is 0 Å². The largest absolute Gasteiger partial charge is 0.385 e. The number of benzene rings is 2. The second-order valence-corrected chi connectivity index (χ2v) is 5.13. The van der Waals surface area contributed by atoms with Crippen LogP contribution in [0.4, 0.5) is 8.78 Å². The first-order valence-electron chi connectivity index (χ1n) is 5.81. The lowest BCUT2D eigenvalue weighted by Crippen LogP contribution is -2.24. The van der Waals surface area contributed by atoms with Crippen LogP contribution in [0, 0.1) is 11.6 Å². The molecule has 1 unspecified atom stereocenters. The maximum atomic E-state index is 13.6. The number of hydrogen-bond acceptors (Lipinski definition) is 1. The van der Waals surface area contributed by atoms with Crippen molar-refractivity contribution in [2.24, 2.45) is 0 Å². The van der Waals surface area contributed by atoms with Crippen LogP contribution < -0.4 is 0 Å². The van der Waals surface area contributed by atoms with Crippen LogP contribution in [0.1, 0.15) is 18.1 Å². The van der Waals surface area contributed by atoms with Gasteiger partial charge in [-0.1, -0.05) is 23.7 Å². The van der Waals surface area contributed by atoms with E-state index in [1.54, 1.807) is 31.2 Å². The summed E-state index contributed by atoms with van der Waals surface area (Å²) in [6.45, 7) is 1.54. The Kier molecular flexibility index (Phi) is 3.88. The van der Waals surface area contributed by atoms with Crippen molar-refractivity contribution in [1.29, 1.82) is 0 Å². The summed E-state index contributed by atoms with van der Waals surface area (Å²) >= 11 is 5.87. The van der Waals surface area contributed by atoms with E-state index < -0.39 is 17.2 Å². The van der Waals surface area contributed by atoms with Crippen molar-refractivity contribution in [3.8, 4) is 0 Å². The fraction of sp³-hybridized carbons (Fsp3) is 0.200. The van der Waals surface area contributed by atoms with Gasteiger partial charge >= 0.3 is 0 Å². The highest BCUT2D eigenvalue weighted by molar-refractivity contribution is 6.30. The molecule has 0 radical (unpaired) electrons. The van der Waals surface area contributed by atoms with Crippen molar-refractivity contribution in [3.05, 3.63) is 70.2 Å². The molecule has 2 aromatic carbocycles. The van der Waals surface area contributed by atoms with Crippen LogP contribution in [0.3, 0.4) is 0 Å². The minimum absolute atomic E-state index is 0.0308. The maximum Gasteiger partial charge on any atom is 0.126 e. The van der Waals surface area contributed by atoms with Crippen LogP contribution in [-0.4, -0.2) is 5.11 Å². The Morgan fingerprint density at radius 3 is 2.58 bits per heavy atom. The van der Waals surface area contributed by atoms with Gasteiger partial charge in [0.25, 0.3) is 0 Å². The third-order valence-electron chi connectivity index (χ3n) is 2.99. The SMILES string of the molecule is CC(O)(Cc1cc(F)ccc1F)c1cccc(Cl)c1. The molecule has 2 aromatic rings. The van der Waals surface area contributed by atoms with Crippen LogP contribution >= 0.6 is 11.6 Å². The third-order valence-corrected chi connectivity index (χ3v) is 3.22. The van der Waals surface area contributed by atoms with Gasteiger partial charge in [-0.3, -0.25) is 0 Å². The molecule has 0 heterocycles. The Labute approximate surface area is 115 Å². The van der Waals surface area contributed by atoms with E-state index in [4.69, 9.17) is 11.6 Å². The topological polar surface area (TPSA) is 20.2 Å². The monoisotopic (exact) mass is 282 g/mol. The van der Waals surface area contributed by atoms with Gasteiger partial charge in [0, 0.05) is 11.4 Å². The highest BCUT2D eigenvalue weighted by Gasteiger charge is 2.25.